The van der Waals surface area contributed by atoms with Gasteiger partial charge in [0.15, 0.2) is 0 Å². The summed E-state index contributed by atoms with van der Waals surface area (Å²) >= 11 is 0. The Bertz CT molecular complexity index is 426. The third-order valence-corrected chi connectivity index (χ3v) is 4.29. The quantitative estimate of drug-likeness (QED) is 0.898. The highest BCUT2D eigenvalue weighted by atomic mass is 16.5. The minimum atomic E-state index is -0.381. The summed E-state index contributed by atoms with van der Waals surface area (Å²) in [6.07, 6.45) is 1.78. The molecule has 0 radical (unpaired) electrons. The summed E-state index contributed by atoms with van der Waals surface area (Å²) in [6, 6.07) is 6.79. The fourth-order valence-electron chi connectivity index (χ4n) is 3.16. The molecule has 1 N–H and O–H groups in total. The Morgan fingerprint density at radius 1 is 1.30 bits per heavy atom. The van der Waals surface area contributed by atoms with Gasteiger partial charge in [-0.25, -0.2) is 0 Å². The van der Waals surface area contributed by atoms with Crippen LogP contribution in [0.4, 0.5) is 0 Å². The van der Waals surface area contributed by atoms with Gasteiger partial charge in [0.05, 0.1) is 12.2 Å². The smallest absolute Gasteiger partial charge is 0.0802 e. The van der Waals surface area contributed by atoms with Gasteiger partial charge in [-0.2, -0.15) is 0 Å². The zero-order chi connectivity index (χ0) is 14.7. The van der Waals surface area contributed by atoms with E-state index in [1.807, 2.05) is 0 Å². The predicted octanol–water partition coefficient (Wildman–Crippen LogP) is 2.84. The van der Waals surface area contributed by atoms with Crippen molar-refractivity contribution in [3.63, 3.8) is 0 Å². The second kappa shape index (κ2) is 6.70. The first-order valence-corrected chi connectivity index (χ1v) is 7.55. The molecule has 0 aromatic heterocycles. The second-order valence-electron chi connectivity index (χ2n) is 6.14. The Balaban J connectivity index is 1.89. The van der Waals surface area contributed by atoms with Crippen LogP contribution in [0.3, 0.4) is 0 Å². The lowest BCUT2D eigenvalue weighted by atomic mass is 10.0. The van der Waals surface area contributed by atoms with Crippen LogP contribution in [-0.2, 0) is 4.74 Å². The van der Waals surface area contributed by atoms with Crippen LogP contribution in [0.5, 0.6) is 0 Å². The Labute approximate surface area is 122 Å². The molecule has 1 aliphatic heterocycles. The summed E-state index contributed by atoms with van der Waals surface area (Å²) in [7, 11) is 2.13. The molecule has 1 aliphatic rings. The van der Waals surface area contributed by atoms with E-state index in [0.717, 1.165) is 31.6 Å². The molecular formula is C17H27NO2. The summed E-state index contributed by atoms with van der Waals surface area (Å²) in [5.41, 5.74) is 3.46. The van der Waals surface area contributed by atoms with E-state index in [-0.39, 0.29) is 6.10 Å². The van der Waals surface area contributed by atoms with Crippen LogP contribution in [-0.4, -0.2) is 42.4 Å². The van der Waals surface area contributed by atoms with Crippen LogP contribution in [0, 0.1) is 13.8 Å². The van der Waals surface area contributed by atoms with Crippen molar-refractivity contribution < 1.29 is 9.84 Å². The van der Waals surface area contributed by atoms with Crippen molar-refractivity contribution in [2.24, 2.45) is 0 Å². The first kappa shape index (κ1) is 15.5. The van der Waals surface area contributed by atoms with Gasteiger partial charge in [-0.3, -0.25) is 0 Å². The number of ether oxygens (including phenoxy) is 1. The van der Waals surface area contributed by atoms with Crippen molar-refractivity contribution in [2.75, 3.05) is 20.2 Å². The standard InChI is InChI=1S/C17H27NO2/c1-12-9-13(2)11-15(10-12)17(19)5-7-18(4)16-6-8-20-14(16)3/h9-11,14,16-17,19H,5-8H2,1-4H3. The lowest BCUT2D eigenvalue weighted by molar-refractivity contribution is 0.0749. The van der Waals surface area contributed by atoms with Gasteiger partial charge in [0.2, 0.25) is 0 Å². The van der Waals surface area contributed by atoms with E-state index in [1.54, 1.807) is 0 Å². The van der Waals surface area contributed by atoms with Crippen molar-refractivity contribution in [1.29, 1.82) is 0 Å². The van der Waals surface area contributed by atoms with E-state index in [9.17, 15) is 5.11 Å². The molecule has 1 aromatic carbocycles. The van der Waals surface area contributed by atoms with Crippen molar-refractivity contribution in [1.82, 2.24) is 4.90 Å². The largest absolute Gasteiger partial charge is 0.388 e. The Morgan fingerprint density at radius 3 is 2.50 bits per heavy atom. The molecule has 3 atom stereocenters. The van der Waals surface area contributed by atoms with Crippen molar-refractivity contribution in [2.45, 2.75) is 51.9 Å². The van der Waals surface area contributed by atoms with E-state index in [4.69, 9.17) is 4.74 Å². The van der Waals surface area contributed by atoms with Crippen molar-refractivity contribution in [3.05, 3.63) is 34.9 Å². The average molecular weight is 277 g/mol. The molecule has 1 heterocycles. The third-order valence-electron chi connectivity index (χ3n) is 4.29. The monoisotopic (exact) mass is 277 g/mol. The fraction of sp³-hybridized carbons (Fsp3) is 0.647. The molecule has 3 unspecified atom stereocenters. The molecule has 1 saturated heterocycles. The van der Waals surface area contributed by atoms with Crippen LogP contribution < -0.4 is 0 Å². The minimum absolute atomic E-state index is 0.304. The minimum Gasteiger partial charge on any atom is -0.388 e. The maximum Gasteiger partial charge on any atom is 0.0802 e. The number of nitrogens with zero attached hydrogens (tertiary/aromatic N) is 1. The van der Waals surface area contributed by atoms with Gasteiger partial charge in [0.25, 0.3) is 0 Å². The van der Waals surface area contributed by atoms with E-state index >= 15 is 0 Å². The maximum absolute atomic E-state index is 10.4. The molecule has 3 nitrogen and oxygen atoms in total. The number of hydrogen-bond acceptors (Lipinski definition) is 3. The summed E-state index contributed by atoms with van der Waals surface area (Å²) in [5.74, 6) is 0. The number of aliphatic hydroxyl groups excluding tert-OH is 1. The van der Waals surface area contributed by atoms with E-state index in [1.165, 1.54) is 11.1 Å². The topological polar surface area (TPSA) is 32.7 Å². The first-order valence-electron chi connectivity index (χ1n) is 7.55. The van der Waals surface area contributed by atoms with E-state index in [0.29, 0.717) is 12.1 Å². The lowest BCUT2D eigenvalue weighted by Crippen LogP contribution is -2.37. The second-order valence-corrected chi connectivity index (χ2v) is 6.14. The molecular weight excluding hydrogens is 250 g/mol. The molecule has 112 valence electrons. The van der Waals surface area contributed by atoms with Gasteiger partial charge < -0.3 is 14.7 Å². The van der Waals surface area contributed by atoms with Crippen molar-refractivity contribution in [3.8, 4) is 0 Å². The van der Waals surface area contributed by atoms with Crippen LogP contribution in [0.1, 0.15) is 42.6 Å². The Hall–Kier alpha value is -0.900. The summed E-state index contributed by atoms with van der Waals surface area (Å²) in [6.45, 7) is 8.04. The average Bonchev–Trinajstić information content (AvgIpc) is 2.80. The zero-order valence-corrected chi connectivity index (χ0v) is 13.1. The number of rotatable bonds is 5. The van der Waals surface area contributed by atoms with Gasteiger partial charge in [0, 0.05) is 19.2 Å². The van der Waals surface area contributed by atoms with Gasteiger partial charge in [-0.05, 0) is 46.2 Å². The van der Waals surface area contributed by atoms with Crippen LogP contribution in [0.25, 0.3) is 0 Å². The molecule has 1 fully saturated rings. The molecule has 0 aliphatic carbocycles. The molecule has 0 bridgehead atoms. The van der Waals surface area contributed by atoms with Gasteiger partial charge in [-0.15, -0.1) is 0 Å². The molecule has 1 aromatic rings. The summed E-state index contributed by atoms with van der Waals surface area (Å²) in [5, 5.41) is 10.4. The number of likely N-dealkylation sites (N-methyl/N-ethyl adjacent to an activating group) is 1. The maximum atomic E-state index is 10.4. The highest BCUT2D eigenvalue weighted by Crippen LogP contribution is 2.22. The Kier molecular flexibility index (Phi) is 5.19. The van der Waals surface area contributed by atoms with Crippen LogP contribution in [0.15, 0.2) is 18.2 Å². The number of hydrogen-bond donors (Lipinski definition) is 1. The first-order chi connectivity index (χ1) is 9.47. The predicted molar refractivity (Wildman–Crippen MR) is 81.9 cm³/mol. The number of aryl methyl sites for hydroxylation is 2. The molecule has 2 rings (SSSR count). The van der Waals surface area contributed by atoms with Crippen LogP contribution >= 0.6 is 0 Å². The summed E-state index contributed by atoms with van der Waals surface area (Å²) < 4.78 is 5.61. The normalized spacial score (nSPS) is 24.3. The highest BCUT2D eigenvalue weighted by molar-refractivity contribution is 5.29. The third kappa shape index (κ3) is 3.81. The fourth-order valence-corrected chi connectivity index (χ4v) is 3.16. The SMILES string of the molecule is Cc1cc(C)cc(C(O)CCN(C)C2CCOC2C)c1. The van der Waals surface area contributed by atoms with Gasteiger partial charge >= 0.3 is 0 Å². The molecule has 0 spiro atoms. The molecule has 20 heavy (non-hydrogen) atoms. The lowest BCUT2D eigenvalue weighted by Gasteiger charge is -2.27. The number of benzene rings is 1. The molecule has 3 heteroatoms. The highest BCUT2D eigenvalue weighted by Gasteiger charge is 2.27. The van der Waals surface area contributed by atoms with Gasteiger partial charge in [-0.1, -0.05) is 29.3 Å². The molecule has 0 amide bonds. The Morgan fingerprint density at radius 2 is 1.95 bits per heavy atom. The molecule has 0 saturated carbocycles. The van der Waals surface area contributed by atoms with E-state index in [2.05, 4.69) is 50.9 Å². The number of aliphatic hydroxyl groups is 1. The van der Waals surface area contributed by atoms with Crippen LogP contribution in [0.2, 0.25) is 0 Å². The van der Waals surface area contributed by atoms with Crippen molar-refractivity contribution >= 4 is 0 Å². The zero-order valence-electron chi connectivity index (χ0n) is 13.1. The van der Waals surface area contributed by atoms with E-state index < -0.39 is 0 Å². The van der Waals surface area contributed by atoms with Gasteiger partial charge in [0.1, 0.15) is 0 Å². The summed E-state index contributed by atoms with van der Waals surface area (Å²) in [4.78, 5) is 2.32.